The largest absolute Gasteiger partial charge is 0.354 e. The zero-order valence-corrected chi connectivity index (χ0v) is 18.5. The van der Waals surface area contributed by atoms with Crippen LogP contribution in [-0.2, 0) is 26.1 Å². The molecule has 4 heterocycles. The van der Waals surface area contributed by atoms with Crippen molar-refractivity contribution in [1.82, 2.24) is 30.0 Å². The molecule has 1 fully saturated rings. The van der Waals surface area contributed by atoms with Gasteiger partial charge in [0, 0.05) is 42.7 Å². The molecular formula is C24H28N6O2. The van der Waals surface area contributed by atoms with Gasteiger partial charge in [0.2, 0.25) is 0 Å². The number of nitrogens with one attached hydrogen (secondary N) is 2. The number of H-pyrrole nitrogens is 1. The lowest BCUT2D eigenvalue weighted by Gasteiger charge is -2.28. The van der Waals surface area contributed by atoms with E-state index in [1.165, 1.54) is 12.8 Å². The van der Waals surface area contributed by atoms with Crippen LogP contribution in [-0.4, -0.2) is 43.0 Å². The molecule has 1 aliphatic heterocycles. The van der Waals surface area contributed by atoms with Crippen LogP contribution in [0.3, 0.4) is 0 Å². The van der Waals surface area contributed by atoms with Crippen LogP contribution in [0.5, 0.6) is 0 Å². The third-order valence-corrected chi connectivity index (χ3v) is 6.28. The Balaban J connectivity index is 1.40. The molecule has 0 aromatic carbocycles. The predicted molar refractivity (Wildman–Crippen MR) is 119 cm³/mol. The highest BCUT2D eigenvalue weighted by Gasteiger charge is 2.33. The number of aromatic nitrogens is 4. The molecule has 0 radical (unpaired) electrons. The summed E-state index contributed by atoms with van der Waals surface area (Å²) in [6, 6.07) is 7.60. The highest BCUT2D eigenvalue weighted by atomic mass is 16.2. The van der Waals surface area contributed by atoms with Gasteiger partial charge in [0.05, 0.1) is 18.8 Å². The number of nitrogens with zero attached hydrogens (tertiary/aromatic N) is 4. The number of pyridine rings is 1. The number of hydrogen-bond acceptors (Lipinski definition) is 4. The van der Waals surface area contributed by atoms with E-state index in [1.54, 1.807) is 6.20 Å². The van der Waals surface area contributed by atoms with Gasteiger partial charge in [-0.3, -0.25) is 19.3 Å². The maximum atomic E-state index is 13.2. The van der Waals surface area contributed by atoms with E-state index in [-0.39, 0.29) is 11.8 Å². The smallest absolute Gasteiger partial charge is 0.272 e. The summed E-state index contributed by atoms with van der Waals surface area (Å²) in [7, 11) is 0. The zero-order valence-electron chi connectivity index (χ0n) is 18.5. The maximum absolute atomic E-state index is 13.2. The Hall–Kier alpha value is -3.42. The Bertz CT molecular complexity index is 1160. The average Bonchev–Trinajstić information content (AvgIpc) is 3.46. The molecule has 2 N–H and O–H groups in total. The SMILES string of the molecule is Cc1cc(C)c(C(=O)N2CCc3c(c(C(=O)NCc4ccccn4)nn3CC3CC3)C2)[nH]1. The molecule has 2 amide bonds. The summed E-state index contributed by atoms with van der Waals surface area (Å²) < 4.78 is 2.01. The van der Waals surface area contributed by atoms with Crippen molar-refractivity contribution in [3.05, 3.63) is 70.1 Å². The molecule has 0 bridgehead atoms. The van der Waals surface area contributed by atoms with Crippen LogP contribution in [0.15, 0.2) is 30.5 Å². The quantitative estimate of drug-likeness (QED) is 0.626. The molecule has 0 saturated heterocycles. The fourth-order valence-corrected chi connectivity index (χ4v) is 4.41. The van der Waals surface area contributed by atoms with Gasteiger partial charge < -0.3 is 15.2 Å². The molecule has 3 aromatic heterocycles. The third kappa shape index (κ3) is 4.04. The van der Waals surface area contributed by atoms with Gasteiger partial charge in [0.25, 0.3) is 11.8 Å². The number of fused-ring (bicyclic) bond motifs is 1. The standard InChI is InChI=1S/C24H28N6O2/c1-15-11-16(2)27-21(15)24(32)29-10-8-20-19(14-29)22(28-30(20)13-17-6-7-17)23(31)26-12-18-5-3-4-9-25-18/h3-5,9,11,17,27H,6-8,10,12-14H2,1-2H3,(H,26,31). The molecule has 2 aliphatic rings. The first kappa shape index (κ1) is 20.5. The van der Waals surface area contributed by atoms with Crippen LogP contribution in [0.1, 0.15) is 62.0 Å². The minimum absolute atomic E-state index is 0.0314. The monoisotopic (exact) mass is 432 g/mol. The fraction of sp³-hybridized carbons (Fsp3) is 0.417. The molecule has 8 heteroatoms. The van der Waals surface area contributed by atoms with E-state index in [9.17, 15) is 9.59 Å². The second kappa shape index (κ2) is 8.26. The fourth-order valence-electron chi connectivity index (χ4n) is 4.41. The average molecular weight is 433 g/mol. The Morgan fingerprint density at radius 3 is 2.78 bits per heavy atom. The van der Waals surface area contributed by atoms with Crippen molar-refractivity contribution in [2.75, 3.05) is 6.54 Å². The topological polar surface area (TPSA) is 95.9 Å². The van der Waals surface area contributed by atoms with Crippen LogP contribution >= 0.6 is 0 Å². The number of aryl methyl sites for hydroxylation is 2. The van der Waals surface area contributed by atoms with Gasteiger partial charge in [-0.2, -0.15) is 5.10 Å². The Morgan fingerprint density at radius 2 is 2.09 bits per heavy atom. The molecule has 166 valence electrons. The second-order valence-electron chi connectivity index (χ2n) is 8.89. The summed E-state index contributed by atoms with van der Waals surface area (Å²) in [6.07, 6.45) is 4.84. The minimum atomic E-state index is -0.220. The number of rotatable bonds is 6. The van der Waals surface area contributed by atoms with Crippen molar-refractivity contribution in [1.29, 1.82) is 0 Å². The van der Waals surface area contributed by atoms with E-state index in [0.717, 1.165) is 34.8 Å². The number of amides is 2. The lowest BCUT2D eigenvalue weighted by molar-refractivity contribution is 0.0724. The van der Waals surface area contributed by atoms with Crippen molar-refractivity contribution in [3.8, 4) is 0 Å². The van der Waals surface area contributed by atoms with Crippen LogP contribution < -0.4 is 5.32 Å². The van der Waals surface area contributed by atoms with Crippen molar-refractivity contribution < 1.29 is 9.59 Å². The second-order valence-corrected chi connectivity index (χ2v) is 8.89. The van der Waals surface area contributed by atoms with E-state index >= 15 is 0 Å². The first-order chi connectivity index (χ1) is 15.5. The summed E-state index contributed by atoms with van der Waals surface area (Å²) >= 11 is 0. The predicted octanol–water partition coefficient (Wildman–Crippen LogP) is 2.76. The molecule has 0 atom stereocenters. The van der Waals surface area contributed by atoms with Gasteiger partial charge in [0.1, 0.15) is 5.69 Å². The van der Waals surface area contributed by atoms with Gasteiger partial charge in [-0.25, -0.2) is 0 Å². The van der Waals surface area contributed by atoms with E-state index < -0.39 is 0 Å². The Labute approximate surface area is 187 Å². The van der Waals surface area contributed by atoms with Crippen molar-refractivity contribution >= 4 is 11.8 Å². The molecule has 1 aliphatic carbocycles. The molecular weight excluding hydrogens is 404 g/mol. The van der Waals surface area contributed by atoms with Crippen molar-refractivity contribution in [2.45, 2.75) is 52.7 Å². The molecule has 0 unspecified atom stereocenters. The molecule has 3 aromatic rings. The number of aromatic amines is 1. The van der Waals surface area contributed by atoms with Gasteiger partial charge in [-0.15, -0.1) is 0 Å². The maximum Gasteiger partial charge on any atom is 0.272 e. The molecule has 8 nitrogen and oxygen atoms in total. The third-order valence-electron chi connectivity index (χ3n) is 6.28. The number of carbonyl (C=O) groups is 2. The highest BCUT2D eigenvalue weighted by molar-refractivity contribution is 5.96. The zero-order chi connectivity index (χ0) is 22.2. The van der Waals surface area contributed by atoms with Crippen molar-refractivity contribution in [2.24, 2.45) is 5.92 Å². The van der Waals surface area contributed by atoms with E-state index in [1.807, 2.05) is 47.7 Å². The first-order valence-electron chi connectivity index (χ1n) is 11.2. The van der Waals surface area contributed by atoms with Crippen LogP contribution in [0.2, 0.25) is 0 Å². The molecule has 32 heavy (non-hydrogen) atoms. The minimum Gasteiger partial charge on any atom is -0.354 e. The van der Waals surface area contributed by atoms with Gasteiger partial charge in [-0.1, -0.05) is 6.07 Å². The summed E-state index contributed by atoms with van der Waals surface area (Å²) in [4.78, 5) is 35.5. The van der Waals surface area contributed by atoms with Crippen LogP contribution in [0, 0.1) is 19.8 Å². The van der Waals surface area contributed by atoms with Crippen LogP contribution in [0.25, 0.3) is 0 Å². The van der Waals surface area contributed by atoms with Gasteiger partial charge in [-0.05, 0) is 56.4 Å². The number of hydrogen-bond donors (Lipinski definition) is 2. The van der Waals surface area contributed by atoms with Gasteiger partial charge >= 0.3 is 0 Å². The van der Waals surface area contributed by atoms with E-state index in [4.69, 9.17) is 5.10 Å². The highest BCUT2D eigenvalue weighted by Crippen LogP contribution is 2.33. The molecule has 5 rings (SSSR count). The summed E-state index contributed by atoms with van der Waals surface area (Å²) in [6.45, 7) is 6.09. The van der Waals surface area contributed by atoms with Gasteiger partial charge in [0.15, 0.2) is 5.69 Å². The molecule has 1 saturated carbocycles. The number of carbonyl (C=O) groups excluding carboxylic acids is 2. The summed E-state index contributed by atoms with van der Waals surface area (Å²) in [5, 5.41) is 7.66. The van der Waals surface area contributed by atoms with E-state index in [0.29, 0.717) is 43.4 Å². The first-order valence-corrected chi connectivity index (χ1v) is 11.2. The summed E-state index contributed by atoms with van der Waals surface area (Å²) in [5.41, 5.74) is 5.70. The van der Waals surface area contributed by atoms with Crippen LogP contribution in [0.4, 0.5) is 0 Å². The molecule has 0 spiro atoms. The Morgan fingerprint density at radius 1 is 1.25 bits per heavy atom. The normalized spacial score (nSPS) is 15.5. The van der Waals surface area contributed by atoms with Crippen molar-refractivity contribution in [3.63, 3.8) is 0 Å². The Kier molecular flexibility index (Phi) is 5.28. The lowest BCUT2D eigenvalue weighted by atomic mass is 10.0. The van der Waals surface area contributed by atoms with E-state index in [2.05, 4.69) is 15.3 Å². The lowest BCUT2D eigenvalue weighted by Crippen LogP contribution is -2.37. The summed E-state index contributed by atoms with van der Waals surface area (Å²) in [5.74, 6) is 0.395.